The lowest BCUT2D eigenvalue weighted by Crippen LogP contribution is -3.16. The fraction of sp³-hybridized carbons (Fsp3) is 0.458. The van der Waals surface area contributed by atoms with Crippen molar-refractivity contribution in [3.63, 3.8) is 0 Å². The summed E-state index contributed by atoms with van der Waals surface area (Å²) in [6, 6.07) is 13.1. The number of nitrogens with zero attached hydrogens (tertiary/aromatic N) is 3. The lowest BCUT2D eigenvalue weighted by molar-refractivity contribution is -0.892. The lowest BCUT2D eigenvalue weighted by atomic mass is 10.1. The number of hydrogen-bond donors (Lipinski definition) is 1. The molecule has 2 saturated heterocycles. The summed E-state index contributed by atoms with van der Waals surface area (Å²) in [4.78, 5) is 20.9. The second kappa shape index (κ2) is 9.04. The summed E-state index contributed by atoms with van der Waals surface area (Å²) in [6.45, 7) is 11.9. The quantitative estimate of drug-likeness (QED) is 0.827. The third-order valence-corrected chi connectivity index (χ3v) is 6.61. The van der Waals surface area contributed by atoms with E-state index in [1.54, 1.807) is 0 Å². The first-order valence-electron chi connectivity index (χ1n) is 10.9. The molecule has 0 spiro atoms. The third-order valence-electron chi connectivity index (χ3n) is 6.61. The van der Waals surface area contributed by atoms with Crippen LogP contribution in [0, 0.1) is 19.7 Å². The molecule has 0 radical (unpaired) electrons. The van der Waals surface area contributed by atoms with E-state index < -0.39 is 0 Å². The van der Waals surface area contributed by atoms with E-state index in [1.807, 2.05) is 17.0 Å². The molecule has 0 atom stereocenters. The molecular weight excluding hydrogens is 379 g/mol. The minimum absolute atomic E-state index is 0.203. The Labute approximate surface area is 178 Å². The molecule has 2 fully saturated rings. The van der Waals surface area contributed by atoms with Crippen molar-refractivity contribution >= 4 is 17.3 Å². The van der Waals surface area contributed by atoms with E-state index in [-0.39, 0.29) is 11.7 Å². The molecule has 2 aromatic carbocycles. The first-order chi connectivity index (χ1) is 14.5. The molecule has 2 heterocycles. The van der Waals surface area contributed by atoms with Gasteiger partial charge in [0.1, 0.15) is 5.82 Å². The summed E-state index contributed by atoms with van der Waals surface area (Å²) in [5, 5.41) is 0. The summed E-state index contributed by atoms with van der Waals surface area (Å²) in [5.41, 5.74) is 5.00. The average molecular weight is 412 g/mol. The summed E-state index contributed by atoms with van der Waals surface area (Å²) in [7, 11) is 0. The van der Waals surface area contributed by atoms with Gasteiger partial charge in [-0.25, -0.2) is 4.39 Å². The van der Waals surface area contributed by atoms with E-state index in [9.17, 15) is 9.18 Å². The number of benzene rings is 2. The van der Waals surface area contributed by atoms with Gasteiger partial charge in [-0.2, -0.15) is 0 Å². The number of anilines is 2. The van der Waals surface area contributed by atoms with Crippen LogP contribution >= 0.6 is 0 Å². The summed E-state index contributed by atoms with van der Waals surface area (Å²) < 4.78 is 13.1. The number of nitrogens with one attached hydrogen (secondary N) is 1. The SMILES string of the molecule is Cc1cccc(N2CCN(C(=O)C[NH+]3CCN(c4ccc(F)cc4)CC3)CC2)c1C. The van der Waals surface area contributed by atoms with Gasteiger partial charge in [0.25, 0.3) is 5.91 Å². The molecule has 0 saturated carbocycles. The van der Waals surface area contributed by atoms with E-state index in [4.69, 9.17) is 0 Å². The predicted octanol–water partition coefficient (Wildman–Crippen LogP) is 1.50. The van der Waals surface area contributed by atoms with Crippen molar-refractivity contribution in [3.05, 3.63) is 59.4 Å². The van der Waals surface area contributed by atoms with Crippen molar-refractivity contribution in [2.45, 2.75) is 13.8 Å². The number of quaternary nitrogens is 1. The fourth-order valence-corrected chi connectivity index (χ4v) is 4.51. The normalized spacial score (nSPS) is 18.0. The molecule has 6 heteroatoms. The van der Waals surface area contributed by atoms with E-state index in [2.05, 4.69) is 41.8 Å². The summed E-state index contributed by atoms with van der Waals surface area (Å²) in [5.74, 6) is 0.0621. The molecule has 0 aliphatic carbocycles. The molecule has 2 aliphatic heterocycles. The molecular formula is C24H32FN4O+. The zero-order chi connectivity index (χ0) is 21.1. The minimum Gasteiger partial charge on any atom is -0.368 e. The Bertz CT molecular complexity index is 869. The Balaban J connectivity index is 1.24. The Morgan fingerprint density at radius 3 is 2.23 bits per heavy atom. The van der Waals surface area contributed by atoms with Crippen molar-refractivity contribution < 1.29 is 14.1 Å². The van der Waals surface area contributed by atoms with E-state index >= 15 is 0 Å². The number of amides is 1. The number of carbonyl (C=O) groups excluding carboxylic acids is 1. The smallest absolute Gasteiger partial charge is 0.277 e. The van der Waals surface area contributed by atoms with Crippen LogP contribution in [0.1, 0.15) is 11.1 Å². The second-order valence-electron chi connectivity index (χ2n) is 8.48. The molecule has 0 bridgehead atoms. The topological polar surface area (TPSA) is 31.2 Å². The van der Waals surface area contributed by atoms with Crippen LogP contribution in [-0.4, -0.2) is 69.7 Å². The van der Waals surface area contributed by atoms with E-state index in [0.29, 0.717) is 6.54 Å². The zero-order valence-electron chi connectivity index (χ0n) is 18.0. The number of aryl methyl sites for hydroxylation is 1. The van der Waals surface area contributed by atoms with Crippen LogP contribution in [0.5, 0.6) is 0 Å². The van der Waals surface area contributed by atoms with Gasteiger partial charge in [0.05, 0.1) is 26.2 Å². The van der Waals surface area contributed by atoms with Crippen LogP contribution < -0.4 is 14.7 Å². The molecule has 1 amide bonds. The molecule has 1 N–H and O–H groups in total. The molecule has 30 heavy (non-hydrogen) atoms. The number of carbonyl (C=O) groups is 1. The molecule has 160 valence electrons. The van der Waals surface area contributed by atoms with Crippen LogP contribution in [0.25, 0.3) is 0 Å². The van der Waals surface area contributed by atoms with Gasteiger partial charge >= 0.3 is 0 Å². The standard InChI is InChI=1S/C24H31FN4O/c1-19-4-3-5-23(20(19)2)28-14-16-29(17-15-28)24(30)18-26-10-12-27(13-11-26)22-8-6-21(25)7-9-22/h3-9H,10-18H2,1-2H3/p+1. The highest BCUT2D eigenvalue weighted by atomic mass is 19.1. The Morgan fingerprint density at radius 1 is 0.900 bits per heavy atom. The molecule has 5 nitrogen and oxygen atoms in total. The number of hydrogen-bond acceptors (Lipinski definition) is 3. The summed E-state index contributed by atoms with van der Waals surface area (Å²) in [6.07, 6.45) is 0. The van der Waals surface area contributed by atoms with Crippen LogP contribution in [-0.2, 0) is 4.79 Å². The first-order valence-corrected chi connectivity index (χ1v) is 10.9. The molecule has 0 unspecified atom stereocenters. The number of rotatable bonds is 4. The maximum Gasteiger partial charge on any atom is 0.277 e. The monoisotopic (exact) mass is 411 g/mol. The lowest BCUT2D eigenvalue weighted by Gasteiger charge is -2.38. The van der Waals surface area contributed by atoms with Gasteiger partial charge in [-0.1, -0.05) is 12.1 Å². The van der Waals surface area contributed by atoms with Crippen LogP contribution in [0.3, 0.4) is 0 Å². The van der Waals surface area contributed by atoms with Gasteiger partial charge in [-0.15, -0.1) is 0 Å². The Morgan fingerprint density at radius 2 is 1.57 bits per heavy atom. The zero-order valence-corrected chi connectivity index (χ0v) is 18.0. The van der Waals surface area contributed by atoms with Crippen molar-refractivity contribution in [3.8, 4) is 0 Å². The Kier molecular flexibility index (Phi) is 6.23. The van der Waals surface area contributed by atoms with Gasteiger partial charge < -0.3 is 19.6 Å². The third kappa shape index (κ3) is 4.59. The second-order valence-corrected chi connectivity index (χ2v) is 8.48. The average Bonchev–Trinajstić information content (AvgIpc) is 2.77. The van der Waals surface area contributed by atoms with Crippen molar-refractivity contribution in [2.24, 2.45) is 0 Å². The van der Waals surface area contributed by atoms with Crippen LogP contribution in [0.2, 0.25) is 0 Å². The minimum atomic E-state index is -0.203. The van der Waals surface area contributed by atoms with Gasteiger partial charge in [0, 0.05) is 37.6 Å². The van der Waals surface area contributed by atoms with Gasteiger partial charge in [0.2, 0.25) is 0 Å². The van der Waals surface area contributed by atoms with E-state index in [0.717, 1.165) is 58.0 Å². The first kappa shape index (κ1) is 20.7. The number of halogens is 1. The molecule has 4 rings (SSSR count). The predicted molar refractivity (Wildman–Crippen MR) is 119 cm³/mol. The van der Waals surface area contributed by atoms with Gasteiger partial charge in [0.15, 0.2) is 6.54 Å². The van der Waals surface area contributed by atoms with Crippen LogP contribution in [0.4, 0.5) is 15.8 Å². The molecule has 0 aromatic heterocycles. The van der Waals surface area contributed by atoms with Gasteiger partial charge in [-0.05, 0) is 55.3 Å². The van der Waals surface area contributed by atoms with Crippen LogP contribution in [0.15, 0.2) is 42.5 Å². The largest absolute Gasteiger partial charge is 0.368 e. The van der Waals surface area contributed by atoms with Gasteiger partial charge in [-0.3, -0.25) is 4.79 Å². The maximum atomic E-state index is 13.1. The maximum absolute atomic E-state index is 13.1. The molecule has 2 aromatic rings. The fourth-order valence-electron chi connectivity index (χ4n) is 4.51. The Hall–Kier alpha value is -2.60. The summed E-state index contributed by atoms with van der Waals surface area (Å²) >= 11 is 0. The van der Waals surface area contributed by atoms with E-state index in [1.165, 1.54) is 33.8 Å². The highest BCUT2D eigenvalue weighted by Gasteiger charge is 2.27. The molecule has 2 aliphatic rings. The highest BCUT2D eigenvalue weighted by Crippen LogP contribution is 2.23. The van der Waals surface area contributed by atoms with Crippen molar-refractivity contribution in [2.75, 3.05) is 68.7 Å². The van der Waals surface area contributed by atoms with Crippen molar-refractivity contribution in [1.29, 1.82) is 0 Å². The highest BCUT2D eigenvalue weighted by molar-refractivity contribution is 5.77. The van der Waals surface area contributed by atoms with Crippen molar-refractivity contribution in [1.82, 2.24) is 4.90 Å². The number of piperazine rings is 2.